The highest BCUT2D eigenvalue weighted by molar-refractivity contribution is 5.15. The van der Waals surface area contributed by atoms with Gasteiger partial charge in [0.05, 0.1) is 19.8 Å². The van der Waals surface area contributed by atoms with Gasteiger partial charge in [-0.2, -0.15) is 4.89 Å². The molecule has 0 aromatic heterocycles. The molecule has 1 aromatic rings. The van der Waals surface area contributed by atoms with Gasteiger partial charge in [0.15, 0.2) is 0 Å². The number of benzene rings is 1. The lowest BCUT2D eigenvalue weighted by Gasteiger charge is -2.16. The normalized spacial score (nSPS) is 12.5. The van der Waals surface area contributed by atoms with Crippen LogP contribution in [-0.4, -0.2) is 40.1 Å². The van der Waals surface area contributed by atoms with Gasteiger partial charge in [-0.15, -0.1) is 0 Å². The molecule has 0 fully saturated rings. The van der Waals surface area contributed by atoms with E-state index in [9.17, 15) is 0 Å². The summed E-state index contributed by atoms with van der Waals surface area (Å²) in [5.74, 6) is 0. The summed E-state index contributed by atoms with van der Waals surface area (Å²) in [6, 6.07) is 9.66. The van der Waals surface area contributed by atoms with Gasteiger partial charge in [-0.3, -0.25) is 0 Å². The van der Waals surface area contributed by atoms with Crippen LogP contribution < -0.4 is 0 Å². The minimum atomic E-state index is -0.509. The molecule has 0 saturated carbocycles. The molecule has 0 radical (unpaired) electrons. The average molecular weight is 270 g/mol. The van der Waals surface area contributed by atoms with E-state index in [0.29, 0.717) is 33.0 Å². The minimum Gasteiger partial charge on any atom is -0.382 e. The highest BCUT2D eigenvalue weighted by atomic mass is 17.2. The maximum absolute atomic E-state index is 5.47. The standard InChI is InChI=1S/C14H22O5/c1-3-17-14(13-7-5-4-6-8-13)19-18-12-11-16-10-9-15-2/h4-8,14H,3,9-12H2,1-2H3. The van der Waals surface area contributed by atoms with E-state index in [2.05, 4.69) is 0 Å². The Kier molecular flexibility index (Phi) is 9.22. The number of ether oxygens (including phenoxy) is 3. The molecule has 1 aromatic carbocycles. The van der Waals surface area contributed by atoms with E-state index in [-0.39, 0.29) is 0 Å². The van der Waals surface area contributed by atoms with Crippen LogP contribution in [0.2, 0.25) is 0 Å². The molecule has 1 unspecified atom stereocenters. The van der Waals surface area contributed by atoms with Gasteiger partial charge in [0.25, 0.3) is 0 Å². The van der Waals surface area contributed by atoms with Crippen molar-refractivity contribution >= 4 is 0 Å². The minimum absolute atomic E-state index is 0.347. The highest BCUT2D eigenvalue weighted by Gasteiger charge is 2.12. The van der Waals surface area contributed by atoms with Crippen molar-refractivity contribution in [2.45, 2.75) is 13.2 Å². The zero-order valence-corrected chi connectivity index (χ0v) is 11.5. The molecule has 0 aliphatic heterocycles. The molecule has 0 aliphatic rings. The second-order valence-electron chi connectivity index (χ2n) is 3.72. The fourth-order valence-corrected chi connectivity index (χ4v) is 1.39. The Hall–Kier alpha value is -0.980. The topological polar surface area (TPSA) is 46.2 Å². The van der Waals surface area contributed by atoms with Crippen LogP contribution >= 0.6 is 0 Å². The summed E-state index contributed by atoms with van der Waals surface area (Å²) in [6.07, 6.45) is -0.509. The third kappa shape index (κ3) is 7.25. The van der Waals surface area contributed by atoms with Crippen molar-refractivity contribution in [3.05, 3.63) is 35.9 Å². The third-order valence-electron chi connectivity index (χ3n) is 2.29. The van der Waals surface area contributed by atoms with E-state index < -0.39 is 6.29 Å². The lowest BCUT2D eigenvalue weighted by atomic mass is 10.2. The van der Waals surface area contributed by atoms with Crippen LogP contribution in [0.3, 0.4) is 0 Å². The summed E-state index contributed by atoms with van der Waals surface area (Å²) in [4.78, 5) is 10.3. The summed E-state index contributed by atoms with van der Waals surface area (Å²) >= 11 is 0. The summed E-state index contributed by atoms with van der Waals surface area (Å²) in [6.45, 7) is 4.39. The van der Waals surface area contributed by atoms with Crippen molar-refractivity contribution in [1.29, 1.82) is 0 Å². The van der Waals surface area contributed by atoms with Crippen LogP contribution in [0.1, 0.15) is 18.8 Å². The second-order valence-corrected chi connectivity index (χ2v) is 3.72. The molecule has 0 heterocycles. The highest BCUT2D eigenvalue weighted by Crippen LogP contribution is 2.18. The van der Waals surface area contributed by atoms with Crippen molar-refractivity contribution in [3.63, 3.8) is 0 Å². The summed E-state index contributed by atoms with van der Waals surface area (Å²) in [5.41, 5.74) is 0.921. The Labute approximate surface area is 114 Å². The monoisotopic (exact) mass is 270 g/mol. The summed E-state index contributed by atoms with van der Waals surface area (Å²) < 4.78 is 15.6. The Morgan fingerprint density at radius 3 is 2.42 bits per heavy atom. The van der Waals surface area contributed by atoms with Gasteiger partial charge in [-0.1, -0.05) is 30.3 Å². The fraction of sp³-hybridized carbons (Fsp3) is 0.571. The first-order chi connectivity index (χ1) is 9.38. The van der Waals surface area contributed by atoms with Gasteiger partial charge in [0, 0.05) is 19.3 Å². The number of hydrogen-bond donors (Lipinski definition) is 0. The molecular weight excluding hydrogens is 248 g/mol. The van der Waals surface area contributed by atoms with Crippen LogP contribution in [0.4, 0.5) is 0 Å². The average Bonchev–Trinajstić information content (AvgIpc) is 2.46. The zero-order valence-electron chi connectivity index (χ0n) is 11.5. The van der Waals surface area contributed by atoms with Gasteiger partial charge < -0.3 is 14.2 Å². The van der Waals surface area contributed by atoms with E-state index in [1.165, 1.54) is 0 Å². The second kappa shape index (κ2) is 10.9. The van der Waals surface area contributed by atoms with Crippen molar-refractivity contribution in [3.8, 4) is 0 Å². The largest absolute Gasteiger partial charge is 0.382 e. The lowest BCUT2D eigenvalue weighted by molar-refractivity contribution is -0.385. The Morgan fingerprint density at radius 2 is 1.74 bits per heavy atom. The van der Waals surface area contributed by atoms with Crippen LogP contribution in [0.5, 0.6) is 0 Å². The first-order valence-corrected chi connectivity index (χ1v) is 6.40. The van der Waals surface area contributed by atoms with Crippen LogP contribution in [0, 0.1) is 0 Å². The van der Waals surface area contributed by atoms with E-state index in [4.69, 9.17) is 24.0 Å². The maximum atomic E-state index is 5.47. The fourth-order valence-electron chi connectivity index (χ4n) is 1.39. The van der Waals surface area contributed by atoms with Gasteiger partial charge in [-0.25, -0.2) is 4.89 Å². The van der Waals surface area contributed by atoms with Gasteiger partial charge in [-0.05, 0) is 6.92 Å². The molecule has 5 heteroatoms. The van der Waals surface area contributed by atoms with Crippen LogP contribution in [0.25, 0.3) is 0 Å². The van der Waals surface area contributed by atoms with E-state index in [0.717, 1.165) is 5.56 Å². The van der Waals surface area contributed by atoms with Crippen molar-refractivity contribution in [2.24, 2.45) is 0 Å². The maximum Gasteiger partial charge on any atom is 0.217 e. The molecule has 0 N–H and O–H groups in total. The molecule has 0 amide bonds. The van der Waals surface area contributed by atoms with Crippen molar-refractivity contribution in [2.75, 3.05) is 40.1 Å². The number of hydrogen-bond acceptors (Lipinski definition) is 5. The van der Waals surface area contributed by atoms with E-state index in [1.54, 1.807) is 7.11 Å². The molecule has 19 heavy (non-hydrogen) atoms. The smallest absolute Gasteiger partial charge is 0.217 e. The Bertz CT molecular complexity index is 304. The van der Waals surface area contributed by atoms with Crippen LogP contribution in [0.15, 0.2) is 30.3 Å². The molecule has 0 bridgehead atoms. The van der Waals surface area contributed by atoms with Gasteiger partial charge >= 0.3 is 0 Å². The number of methoxy groups -OCH3 is 1. The molecule has 5 nitrogen and oxygen atoms in total. The van der Waals surface area contributed by atoms with Crippen molar-refractivity contribution < 1.29 is 24.0 Å². The quantitative estimate of drug-likeness (QED) is 0.267. The third-order valence-corrected chi connectivity index (χ3v) is 2.29. The van der Waals surface area contributed by atoms with Gasteiger partial charge in [0.2, 0.25) is 6.29 Å². The van der Waals surface area contributed by atoms with E-state index in [1.807, 2.05) is 37.3 Å². The zero-order chi connectivity index (χ0) is 13.8. The Morgan fingerprint density at radius 1 is 1.00 bits per heavy atom. The van der Waals surface area contributed by atoms with Crippen LogP contribution in [-0.2, 0) is 24.0 Å². The first-order valence-electron chi connectivity index (χ1n) is 6.40. The first kappa shape index (κ1) is 16.1. The summed E-state index contributed by atoms with van der Waals surface area (Å²) in [7, 11) is 1.63. The van der Waals surface area contributed by atoms with Crippen molar-refractivity contribution in [1.82, 2.24) is 0 Å². The summed E-state index contributed by atoms with van der Waals surface area (Å²) in [5, 5.41) is 0. The Balaban J connectivity index is 2.20. The number of rotatable bonds is 11. The molecular formula is C14H22O5. The molecule has 108 valence electrons. The predicted molar refractivity (Wildman–Crippen MR) is 70.5 cm³/mol. The lowest BCUT2D eigenvalue weighted by Crippen LogP contribution is -2.13. The molecule has 1 atom stereocenters. The molecule has 0 saturated heterocycles. The SMILES string of the molecule is CCOC(OOCCOCCOC)c1ccccc1. The predicted octanol–water partition coefficient (Wildman–Crippen LogP) is 2.33. The molecule has 0 spiro atoms. The molecule has 1 rings (SSSR count). The molecule has 0 aliphatic carbocycles. The van der Waals surface area contributed by atoms with E-state index >= 15 is 0 Å². The van der Waals surface area contributed by atoms with Gasteiger partial charge in [0.1, 0.15) is 6.61 Å².